The summed E-state index contributed by atoms with van der Waals surface area (Å²) in [6.07, 6.45) is 0.182. The van der Waals surface area contributed by atoms with Gasteiger partial charge in [-0.1, -0.05) is 11.6 Å². The predicted octanol–water partition coefficient (Wildman–Crippen LogP) is 0.751. The zero-order chi connectivity index (χ0) is 19.6. The van der Waals surface area contributed by atoms with Gasteiger partial charge in [0.25, 0.3) is 0 Å². The van der Waals surface area contributed by atoms with E-state index in [1.165, 1.54) is 17.5 Å². The summed E-state index contributed by atoms with van der Waals surface area (Å²) in [5.74, 6) is -4.55. The van der Waals surface area contributed by atoms with Crippen molar-refractivity contribution in [2.75, 3.05) is 0 Å². The number of carbonyl (C=O) groups is 1. The van der Waals surface area contributed by atoms with Crippen LogP contribution in [0.2, 0.25) is 5.02 Å². The second-order valence-electron chi connectivity index (χ2n) is 5.45. The largest absolute Gasteiger partial charge is 1.00 e. The van der Waals surface area contributed by atoms with Crippen molar-refractivity contribution in [1.82, 2.24) is 4.98 Å². The fraction of sp³-hybridized carbons (Fsp3) is 0.111. The third-order valence-electron chi connectivity index (χ3n) is 3.64. The van der Waals surface area contributed by atoms with Crippen LogP contribution in [-0.2, 0) is 13.0 Å². The number of benzene rings is 2. The molecule has 0 aliphatic heterocycles. The summed E-state index contributed by atoms with van der Waals surface area (Å²) in [5, 5.41) is 13.0. The number of hydrogen-bond donors (Lipinski definition) is 0. The molecule has 2 aromatic carbocycles. The van der Waals surface area contributed by atoms with E-state index in [1.807, 2.05) is 0 Å². The van der Waals surface area contributed by atoms with Crippen LogP contribution in [0.5, 0.6) is 5.75 Å². The van der Waals surface area contributed by atoms with Crippen LogP contribution < -0.4 is 39.4 Å². The number of carbonyl (C=O) groups excluding carboxylic acids is 1. The molecule has 10 heteroatoms. The molecule has 28 heavy (non-hydrogen) atoms. The minimum Gasteiger partial charge on any atom is -0.543 e. The topological polar surface area (TPSA) is 62.2 Å². The number of hydrogen-bond acceptors (Lipinski definition) is 5. The van der Waals surface area contributed by atoms with Crippen molar-refractivity contribution >= 4 is 28.9 Å². The molecule has 0 fully saturated rings. The molecule has 0 bridgehead atoms. The monoisotopic (exact) mass is 435 g/mol. The predicted molar refractivity (Wildman–Crippen MR) is 91.4 cm³/mol. The normalized spacial score (nSPS) is 10.4. The maximum absolute atomic E-state index is 13.8. The third kappa shape index (κ3) is 5.27. The zero-order valence-corrected chi connectivity index (χ0v) is 18.0. The van der Waals surface area contributed by atoms with Crippen LogP contribution in [0, 0.1) is 17.5 Å². The molecule has 0 aliphatic carbocycles. The molecule has 3 rings (SSSR count). The van der Waals surface area contributed by atoms with E-state index in [-0.39, 0.29) is 47.4 Å². The van der Waals surface area contributed by atoms with Crippen molar-refractivity contribution in [3.05, 3.63) is 80.0 Å². The second kappa shape index (κ2) is 9.76. The first kappa shape index (κ1) is 22.7. The molecular weight excluding hydrogens is 426 g/mol. The first-order valence-electron chi connectivity index (χ1n) is 7.54. The van der Waals surface area contributed by atoms with Gasteiger partial charge in [-0.15, -0.1) is 11.3 Å². The first-order valence-corrected chi connectivity index (χ1v) is 8.80. The van der Waals surface area contributed by atoms with Crippen molar-refractivity contribution in [3.8, 4) is 5.75 Å². The Labute approximate surface area is 189 Å². The quantitative estimate of drug-likeness (QED) is 0.423. The minimum atomic E-state index is -1.39. The van der Waals surface area contributed by atoms with E-state index in [9.17, 15) is 23.1 Å². The van der Waals surface area contributed by atoms with Crippen molar-refractivity contribution in [2.24, 2.45) is 0 Å². The number of rotatable bonds is 6. The van der Waals surface area contributed by atoms with E-state index in [4.69, 9.17) is 16.3 Å². The van der Waals surface area contributed by atoms with E-state index in [0.717, 1.165) is 17.4 Å². The molecule has 3 aromatic rings. The van der Waals surface area contributed by atoms with Gasteiger partial charge in [0.15, 0.2) is 11.6 Å². The Hall–Kier alpha value is -1.58. The Morgan fingerprint density at radius 1 is 1.18 bits per heavy atom. The Bertz CT molecular complexity index is 1020. The van der Waals surface area contributed by atoms with Crippen LogP contribution in [0.3, 0.4) is 0 Å². The number of ether oxygens (including phenoxy) is 1. The number of carboxylic acid groups (broad SMARTS) is 1. The molecule has 1 aromatic heterocycles. The molecular formula is C18H10ClF3NNaO3S. The maximum Gasteiger partial charge on any atom is 1.00 e. The van der Waals surface area contributed by atoms with Crippen LogP contribution in [-0.4, -0.2) is 11.0 Å². The summed E-state index contributed by atoms with van der Waals surface area (Å²) in [7, 11) is 0. The van der Waals surface area contributed by atoms with Crippen LogP contribution in [0.15, 0.2) is 35.7 Å². The molecule has 4 nitrogen and oxygen atoms in total. The van der Waals surface area contributed by atoms with Gasteiger partial charge in [-0.3, -0.25) is 0 Å². The smallest absolute Gasteiger partial charge is 0.543 e. The average molecular weight is 436 g/mol. The summed E-state index contributed by atoms with van der Waals surface area (Å²) < 4.78 is 46.3. The number of nitrogens with zero attached hydrogens (tertiary/aromatic N) is 1. The van der Waals surface area contributed by atoms with Crippen molar-refractivity contribution in [2.45, 2.75) is 13.0 Å². The number of carboxylic acids is 1. The average Bonchev–Trinajstić information content (AvgIpc) is 3.09. The molecule has 1 heterocycles. The molecule has 0 atom stereocenters. The third-order valence-corrected chi connectivity index (χ3v) is 4.72. The van der Waals surface area contributed by atoms with Crippen molar-refractivity contribution < 1.29 is 57.4 Å². The number of aromatic nitrogens is 1. The maximum atomic E-state index is 13.8. The standard InChI is InChI=1S/C18H11ClF3NO3S.Na/c19-10-1-4-15(26-7-11-12(20)2-3-13(21)17(11)22)9(5-10)6-16-23-14(8-27-16)18(24)25;/h1-5,8H,6-7H2,(H,24,25);/q;+1/p-1. The van der Waals surface area contributed by atoms with Gasteiger partial charge in [0.1, 0.15) is 18.2 Å². The summed E-state index contributed by atoms with van der Waals surface area (Å²) in [6, 6.07) is 6.10. The summed E-state index contributed by atoms with van der Waals surface area (Å²) in [6.45, 7) is -0.535. The number of halogens is 4. The van der Waals surface area contributed by atoms with Crippen LogP contribution in [0.4, 0.5) is 13.2 Å². The molecule has 0 saturated heterocycles. The van der Waals surface area contributed by atoms with Gasteiger partial charge in [-0.25, -0.2) is 18.2 Å². The zero-order valence-electron chi connectivity index (χ0n) is 14.5. The molecule has 0 radical (unpaired) electrons. The minimum absolute atomic E-state index is 0. The van der Waals surface area contributed by atoms with Gasteiger partial charge in [0.2, 0.25) is 0 Å². The van der Waals surface area contributed by atoms with E-state index >= 15 is 0 Å². The first-order chi connectivity index (χ1) is 12.8. The van der Waals surface area contributed by atoms with Gasteiger partial charge in [-0.05, 0) is 30.3 Å². The van der Waals surface area contributed by atoms with E-state index in [0.29, 0.717) is 21.7 Å². The van der Waals surface area contributed by atoms with Crippen LogP contribution >= 0.6 is 22.9 Å². The Morgan fingerprint density at radius 3 is 2.57 bits per heavy atom. The molecule has 0 amide bonds. The fourth-order valence-electron chi connectivity index (χ4n) is 2.33. The van der Waals surface area contributed by atoms with Gasteiger partial charge in [-0.2, -0.15) is 0 Å². The summed E-state index contributed by atoms with van der Waals surface area (Å²) in [4.78, 5) is 14.7. The molecule has 140 valence electrons. The van der Waals surface area contributed by atoms with E-state index in [2.05, 4.69) is 4.98 Å². The second-order valence-corrected chi connectivity index (χ2v) is 6.83. The Balaban J connectivity index is 0.00000280. The fourth-order valence-corrected chi connectivity index (χ4v) is 3.31. The molecule has 0 unspecified atom stereocenters. The molecule has 0 spiro atoms. The Kier molecular flexibility index (Phi) is 7.91. The van der Waals surface area contributed by atoms with Crippen LogP contribution in [0.25, 0.3) is 0 Å². The van der Waals surface area contributed by atoms with Crippen LogP contribution in [0.1, 0.15) is 26.6 Å². The number of aromatic carboxylic acids is 1. The molecule has 0 N–H and O–H groups in total. The van der Waals surface area contributed by atoms with Crippen molar-refractivity contribution in [1.29, 1.82) is 0 Å². The van der Waals surface area contributed by atoms with Gasteiger partial charge in [0.05, 0.1) is 22.2 Å². The molecule has 0 saturated carbocycles. The van der Waals surface area contributed by atoms with Crippen molar-refractivity contribution in [3.63, 3.8) is 0 Å². The van der Waals surface area contributed by atoms with Gasteiger partial charge < -0.3 is 14.6 Å². The molecule has 0 aliphatic rings. The Morgan fingerprint density at radius 2 is 1.89 bits per heavy atom. The summed E-state index contributed by atoms with van der Waals surface area (Å²) in [5.41, 5.74) is -0.202. The number of thiazole rings is 1. The van der Waals surface area contributed by atoms with Gasteiger partial charge >= 0.3 is 29.6 Å². The van der Waals surface area contributed by atoms with E-state index in [1.54, 1.807) is 6.07 Å². The van der Waals surface area contributed by atoms with Gasteiger partial charge in [0, 0.05) is 22.4 Å². The van der Waals surface area contributed by atoms with E-state index < -0.39 is 35.6 Å². The summed E-state index contributed by atoms with van der Waals surface area (Å²) >= 11 is 7.09. The SMILES string of the molecule is O=C([O-])c1csc(Cc2cc(Cl)ccc2OCc2c(F)ccc(F)c2F)n1.[Na+].